The van der Waals surface area contributed by atoms with Gasteiger partial charge in [0.2, 0.25) is 5.91 Å². The van der Waals surface area contributed by atoms with Crippen LogP contribution < -0.4 is 4.90 Å². The molecule has 0 bridgehead atoms. The number of anilines is 1. The lowest BCUT2D eigenvalue weighted by atomic mass is 9.76. The average molecular weight is 334 g/mol. The Balaban J connectivity index is 1.82. The van der Waals surface area contributed by atoms with Gasteiger partial charge in [-0.3, -0.25) is 14.7 Å². The van der Waals surface area contributed by atoms with Crippen LogP contribution in [0, 0.1) is 25.2 Å². The van der Waals surface area contributed by atoms with Crippen molar-refractivity contribution in [1.82, 2.24) is 14.5 Å². The predicted octanol–water partition coefficient (Wildman–Crippen LogP) is 3.71. The van der Waals surface area contributed by atoms with Crippen LogP contribution in [0.5, 0.6) is 0 Å². The van der Waals surface area contributed by atoms with Crippen LogP contribution in [0.2, 0.25) is 0 Å². The van der Waals surface area contributed by atoms with Crippen molar-refractivity contribution < 1.29 is 4.79 Å². The van der Waals surface area contributed by atoms with Crippen molar-refractivity contribution in [3.63, 3.8) is 0 Å². The van der Waals surface area contributed by atoms with Crippen molar-refractivity contribution in [3.8, 4) is 0 Å². The van der Waals surface area contributed by atoms with Crippen LogP contribution in [-0.2, 0) is 4.79 Å². The highest BCUT2D eigenvalue weighted by Gasteiger charge is 2.51. The number of fused-ring (bicyclic) bond motifs is 1. The van der Waals surface area contributed by atoms with E-state index in [0.29, 0.717) is 0 Å². The van der Waals surface area contributed by atoms with Gasteiger partial charge in [0.15, 0.2) is 0 Å². The number of aromatic nitrogens is 3. The Kier molecular flexibility index (Phi) is 3.42. The summed E-state index contributed by atoms with van der Waals surface area (Å²) in [6.45, 7) is 8.01. The second kappa shape index (κ2) is 5.41. The van der Waals surface area contributed by atoms with Crippen molar-refractivity contribution in [2.75, 3.05) is 4.90 Å². The average Bonchev–Trinajstić information content (AvgIpc) is 3.08. The van der Waals surface area contributed by atoms with Crippen LogP contribution in [0.3, 0.4) is 0 Å². The first-order chi connectivity index (χ1) is 11.9. The molecular weight excluding hydrogens is 312 g/mol. The third-order valence-corrected chi connectivity index (χ3v) is 5.25. The Morgan fingerprint density at radius 1 is 1.20 bits per heavy atom. The molecule has 0 radical (unpaired) electrons. The number of pyridine rings is 1. The number of imidazole rings is 1. The first-order valence-electron chi connectivity index (χ1n) is 8.58. The third-order valence-electron chi connectivity index (χ3n) is 5.25. The lowest BCUT2D eigenvalue weighted by molar-refractivity contribution is -0.125. The SMILES string of the molecule is Cc1cc(N2C(=O)C(C)(C)C3CC=C(n4cnc(C)c4)C=C32)ccn1. The molecule has 1 aliphatic heterocycles. The number of hydrogen-bond donors (Lipinski definition) is 0. The first-order valence-corrected chi connectivity index (χ1v) is 8.58. The number of nitrogens with zero attached hydrogens (tertiary/aromatic N) is 4. The Morgan fingerprint density at radius 2 is 2.00 bits per heavy atom. The van der Waals surface area contributed by atoms with E-state index in [9.17, 15) is 4.79 Å². The maximum atomic E-state index is 13.2. The molecule has 1 unspecified atom stereocenters. The lowest BCUT2D eigenvalue weighted by Crippen LogP contribution is -2.31. The number of hydrogen-bond acceptors (Lipinski definition) is 3. The van der Waals surface area contributed by atoms with Gasteiger partial charge in [0.1, 0.15) is 0 Å². The summed E-state index contributed by atoms with van der Waals surface area (Å²) < 4.78 is 2.02. The first kappa shape index (κ1) is 15.8. The van der Waals surface area contributed by atoms with Crippen LogP contribution in [0.15, 0.2) is 48.7 Å². The molecule has 25 heavy (non-hydrogen) atoms. The monoisotopic (exact) mass is 334 g/mol. The van der Waals surface area contributed by atoms with Crippen molar-refractivity contribution in [2.45, 2.75) is 34.1 Å². The molecule has 4 rings (SSSR count). The molecule has 0 aromatic carbocycles. The van der Waals surface area contributed by atoms with Gasteiger partial charge >= 0.3 is 0 Å². The van der Waals surface area contributed by atoms with E-state index in [1.165, 1.54) is 0 Å². The zero-order chi connectivity index (χ0) is 17.8. The molecule has 1 atom stereocenters. The van der Waals surface area contributed by atoms with Gasteiger partial charge < -0.3 is 4.57 Å². The number of aryl methyl sites for hydroxylation is 2. The van der Waals surface area contributed by atoms with Crippen molar-refractivity contribution >= 4 is 17.3 Å². The summed E-state index contributed by atoms with van der Waals surface area (Å²) in [6, 6.07) is 3.88. The van der Waals surface area contributed by atoms with E-state index >= 15 is 0 Å². The fourth-order valence-corrected chi connectivity index (χ4v) is 3.79. The minimum absolute atomic E-state index is 0.144. The standard InChI is InChI=1S/C20H22N4O/c1-13-9-16(7-8-21-13)24-18-10-15(23-11-14(2)22-12-23)5-6-17(18)20(3,4)19(24)25/h5,7-12,17H,6H2,1-4H3. The maximum Gasteiger partial charge on any atom is 0.237 e. The summed E-state index contributed by atoms with van der Waals surface area (Å²) in [6.07, 6.45) is 10.8. The molecule has 5 nitrogen and oxygen atoms in total. The van der Waals surface area contributed by atoms with E-state index in [2.05, 4.69) is 22.1 Å². The summed E-state index contributed by atoms with van der Waals surface area (Å²) in [5, 5.41) is 0. The summed E-state index contributed by atoms with van der Waals surface area (Å²) in [7, 11) is 0. The second-order valence-electron chi connectivity index (χ2n) is 7.43. The van der Waals surface area contributed by atoms with Gasteiger partial charge in [-0.05, 0) is 38.5 Å². The van der Waals surface area contributed by atoms with Crippen LogP contribution in [0.1, 0.15) is 31.7 Å². The number of carbonyl (C=O) groups excluding carboxylic acids is 1. The smallest absolute Gasteiger partial charge is 0.237 e. The molecule has 1 saturated heterocycles. The molecule has 3 heterocycles. The predicted molar refractivity (Wildman–Crippen MR) is 97.7 cm³/mol. The highest BCUT2D eigenvalue weighted by Crippen LogP contribution is 2.49. The molecule has 2 aromatic rings. The van der Waals surface area contributed by atoms with Crippen LogP contribution >= 0.6 is 0 Å². The van der Waals surface area contributed by atoms with E-state index in [0.717, 1.165) is 34.9 Å². The molecule has 1 aliphatic carbocycles. The van der Waals surface area contributed by atoms with Crippen LogP contribution in [0.4, 0.5) is 5.69 Å². The highest BCUT2D eigenvalue weighted by molar-refractivity contribution is 6.04. The molecule has 128 valence electrons. The van der Waals surface area contributed by atoms with E-state index < -0.39 is 5.41 Å². The highest BCUT2D eigenvalue weighted by atomic mass is 16.2. The molecular formula is C20H22N4O. The fourth-order valence-electron chi connectivity index (χ4n) is 3.79. The van der Waals surface area contributed by atoms with Gasteiger partial charge in [0, 0.05) is 35.4 Å². The Hall–Kier alpha value is -2.69. The Morgan fingerprint density at radius 3 is 2.68 bits per heavy atom. The lowest BCUT2D eigenvalue weighted by Gasteiger charge is -2.26. The normalized spacial score (nSPS) is 21.8. The molecule has 1 fully saturated rings. The zero-order valence-corrected chi connectivity index (χ0v) is 15.0. The molecule has 0 N–H and O–H groups in total. The van der Waals surface area contributed by atoms with Gasteiger partial charge in [0.05, 0.1) is 23.1 Å². The molecule has 5 heteroatoms. The van der Waals surface area contributed by atoms with Gasteiger partial charge in [-0.25, -0.2) is 4.98 Å². The molecule has 0 saturated carbocycles. The van der Waals surface area contributed by atoms with E-state index in [-0.39, 0.29) is 11.8 Å². The fraction of sp³-hybridized carbons (Fsp3) is 0.350. The molecule has 2 aromatic heterocycles. The molecule has 1 amide bonds. The van der Waals surface area contributed by atoms with Crippen molar-refractivity contribution in [1.29, 1.82) is 0 Å². The van der Waals surface area contributed by atoms with Crippen LogP contribution in [-0.4, -0.2) is 20.4 Å². The van der Waals surface area contributed by atoms with Crippen molar-refractivity contribution in [3.05, 3.63) is 60.1 Å². The summed E-state index contributed by atoms with van der Waals surface area (Å²) in [5.41, 5.74) is 4.48. The van der Waals surface area contributed by atoms with E-state index in [4.69, 9.17) is 0 Å². The number of allylic oxidation sites excluding steroid dienone is 4. The largest absolute Gasteiger partial charge is 0.306 e. The molecule has 0 spiro atoms. The minimum Gasteiger partial charge on any atom is -0.306 e. The van der Waals surface area contributed by atoms with Gasteiger partial charge in [-0.2, -0.15) is 0 Å². The summed E-state index contributed by atoms with van der Waals surface area (Å²) in [4.78, 5) is 23.6. The van der Waals surface area contributed by atoms with E-state index in [1.807, 2.05) is 61.8 Å². The van der Waals surface area contributed by atoms with Gasteiger partial charge in [-0.15, -0.1) is 0 Å². The topological polar surface area (TPSA) is 51.0 Å². The number of carbonyl (C=O) groups is 1. The minimum atomic E-state index is -0.421. The number of amides is 1. The molecule has 2 aliphatic rings. The van der Waals surface area contributed by atoms with E-state index in [1.54, 1.807) is 6.20 Å². The van der Waals surface area contributed by atoms with Crippen LogP contribution in [0.25, 0.3) is 5.70 Å². The van der Waals surface area contributed by atoms with Gasteiger partial charge in [0.25, 0.3) is 0 Å². The second-order valence-corrected chi connectivity index (χ2v) is 7.43. The zero-order valence-electron chi connectivity index (χ0n) is 15.0. The summed E-state index contributed by atoms with van der Waals surface area (Å²) in [5.74, 6) is 0.327. The van der Waals surface area contributed by atoms with Gasteiger partial charge in [-0.1, -0.05) is 19.9 Å². The van der Waals surface area contributed by atoms with Crippen molar-refractivity contribution in [2.24, 2.45) is 11.3 Å². The number of rotatable bonds is 2. The third kappa shape index (κ3) is 2.42. The maximum absolute atomic E-state index is 13.2. The Bertz CT molecular complexity index is 919. The quantitative estimate of drug-likeness (QED) is 0.841. The summed E-state index contributed by atoms with van der Waals surface area (Å²) >= 11 is 0. The Labute approximate surface area is 147 Å².